The second-order valence-corrected chi connectivity index (χ2v) is 7.54. The number of anilines is 1. The van der Waals surface area contributed by atoms with Gasteiger partial charge in [-0.3, -0.25) is 4.79 Å². The molecular formula is C19H18Cl2N4O2S. The normalized spacial score (nSPS) is 10.7. The van der Waals surface area contributed by atoms with Gasteiger partial charge in [-0.1, -0.05) is 47.1 Å². The number of carbonyl (C=O) groups is 1. The molecule has 1 heterocycles. The van der Waals surface area contributed by atoms with Crippen LogP contribution in [0, 0.1) is 0 Å². The monoisotopic (exact) mass is 436 g/mol. The van der Waals surface area contributed by atoms with E-state index in [1.165, 1.54) is 11.8 Å². The summed E-state index contributed by atoms with van der Waals surface area (Å²) in [7, 11) is 1.82. The fourth-order valence-electron chi connectivity index (χ4n) is 2.51. The minimum atomic E-state index is -0.161. The number of benzene rings is 2. The van der Waals surface area contributed by atoms with Gasteiger partial charge in [0.05, 0.1) is 23.1 Å². The molecule has 0 fully saturated rings. The number of carbonyl (C=O) groups excluding carboxylic acids is 1. The van der Waals surface area contributed by atoms with Crippen LogP contribution in [0.25, 0.3) is 11.4 Å². The summed E-state index contributed by atoms with van der Waals surface area (Å²) >= 11 is 13.5. The van der Waals surface area contributed by atoms with E-state index in [1.807, 2.05) is 32.2 Å². The van der Waals surface area contributed by atoms with Gasteiger partial charge < -0.3 is 14.6 Å². The van der Waals surface area contributed by atoms with Crippen LogP contribution >= 0.6 is 35.0 Å². The largest absolute Gasteiger partial charge is 0.492 e. The van der Waals surface area contributed by atoms with Gasteiger partial charge in [0.15, 0.2) is 11.0 Å². The smallest absolute Gasteiger partial charge is 0.234 e. The number of halogens is 2. The van der Waals surface area contributed by atoms with E-state index in [0.29, 0.717) is 39.1 Å². The first-order valence-corrected chi connectivity index (χ1v) is 10.2. The number of amides is 1. The number of nitrogens with one attached hydrogen (secondary N) is 1. The highest BCUT2D eigenvalue weighted by atomic mass is 35.5. The van der Waals surface area contributed by atoms with Crippen molar-refractivity contribution in [1.82, 2.24) is 14.8 Å². The van der Waals surface area contributed by atoms with Gasteiger partial charge in [-0.25, -0.2) is 0 Å². The SMILES string of the molecule is CCOc1ccccc1NC(=O)CSc1nnc(-c2ccc(Cl)cc2Cl)n1C. The average molecular weight is 437 g/mol. The van der Waals surface area contributed by atoms with Gasteiger partial charge >= 0.3 is 0 Å². The number of hydrogen-bond donors (Lipinski definition) is 1. The van der Waals surface area contributed by atoms with E-state index in [0.717, 1.165) is 5.56 Å². The van der Waals surface area contributed by atoms with E-state index in [4.69, 9.17) is 27.9 Å². The molecule has 0 saturated heterocycles. The molecule has 3 rings (SSSR count). The summed E-state index contributed by atoms with van der Waals surface area (Å²) < 4.78 is 7.31. The summed E-state index contributed by atoms with van der Waals surface area (Å²) in [5.41, 5.74) is 1.37. The molecule has 28 heavy (non-hydrogen) atoms. The predicted octanol–water partition coefficient (Wildman–Crippen LogP) is 4.92. The van der Waals surface area contributed by atoms with Gasteiger partial charge in [-0.2, -0.15) is 0 Å². The van der Waals surface area contributed by atoms with Crippen LogP contribution in [-0.4, -0.2) is 33.0 Å². The maximum Gasteiger partial charge on any atom is 0.234 e. The summed E-state index contributed by atoms with van der Waals surface area (Å²) in [6.45, 7) is 2.42. The fourth-order valence-corrected chi connectivity index (χ4v) is 3.72. The first kappa shape index (κ1) is 20.5. The molecule has 0 aliphatic rings. The van der Waals surface area contributed by atoms with Crippen LogP contribution < -0.4 is 10.1 Å². The maximum atomic E-state index is 12.3. The van der Waals surface area contributed by atoms with Crippen molar-refractivity contribution in [3.8, 4) is 17.1 Å². The van der Waals surface area contributed by atoms with Crippen molar-refractivity contribution in [1.29, 1.82) is 0 Å². The molecule has 0 bridgehead atoms. The highest BCUT2D eigenvalue weighted by Gasteiger charge is 2.16. The number of thioether (sulfide) groups is 1. The highest BCUT2D eigenvalue weighted by molar-refractivity contribution is 7.99. The maximum absolute atomic E-state index is 12.3. The molecule has 9 heteroatoms. The molecule has 1 N–H and O–H groups in total. The molecule has 1 amide bonds. The van der Waals surface area contributed by atoms with Crippen molar-refractivity contribution in [3.05, 3.63) is 52.5 Å². The van der Waals surface area contributed by atoms with Crippen molar-refractivity contribution < 1.29 is 9.53 Å². The van der Waals surface area contributed by atoms with Gasteiger partial charge in [0, 0.05) is 17.6 Å². The molecule has 0 spiro atoms. The van der Waals surface area contributed by atoms with Crippen LogP contribution in [0.4, 0.5) is 5.69 Å². The van der Waals surface area contributed by atoms with Gasteiger partial charge in [0.1, 0.15) is 5.75 Å². The molecule has 0 aliphatic carbocycles. The molecule has 0 radical (unpaired) electrons. The predicted molar refractivity (Wildman–Crippen MR) is 113 cm³/mol. The molecule has 0 unspecified atom stereocenters. The van der Waals surface area contributed by atoms with Crippen molar-refractivity contribution >= 4 is 46.6 Å². The number of nitrogens with zero attached hydrogens (tertiary/aromatic N) is 3. The lowest BCUT2D eigenvalue weighted by atomic mass is 10.2. The van der Waals surface area contributed by atoms with E-state index in [1.54, 1.807) is 28.8 Å². The minimum Gasteiger partial charge on any atom is -0.492 e. The molecule has 3 aromatic rings. The summed E-state index contributed by atoms with van der Waals surface area (Å²) in [5, 5.41) is 12.9. The highest BCUT2D eigenvalue weighted by Crippen LogP contribution is 2.31. The molecule has 0 atom stereocenters. The number of aromatic nitrogens is 3. The molecule has 1 aromatic heterocycles. The number of hydrogen-bond acceptors (Lipinski definition) is 5. The Morgan fingerprint density at radius 3 is 2.75 bits per heavy atom. The summed E-state index contributed by atoms with van der Waals surface area (Å²) in [4.78, 5) is 12.3. The second-order valence-electron chi connectivity index (χ2n) is 5.76. The van der Waals surface area contributed by atoms with Crippen LogP contribution in [0.3, 0.4) is 0 Å². The Kier molecular flexibility index (Phi) is 6.83. The van der Waals surface area contributed by atoms with Gasteiger partial charge in [0.2, 0.25) is 5.91 Å². The zero-order valence-corrected chi connectivity index (χ0v) is 17.6. The Labute approximate surface area is 177 Å². The molecule has 2 aromatic carbocycles. The van der Waals surface area contributed by atoms with Crippen LogP contribution in [0.15, 0.2) is 47.6 Å². The van der Waals surface area contributed by atoms with Gasteiger partial charge in [-0.05, 0) is 37.3 Å². The number of rotatable bonds is 7. The van der Waals surface area contributed by atoms with Gasteiger partial charge in [-0.15, -0.1) is 10.2 Å². The van der Waals surface area contributed by atoms with Crippen molar-refractivity contribution in [2.75, 3.05) is 17.7 Å². The summed E-state index contributed by atoms with van der Waals surface area (Å²) in [6.07, 6.45) is 0. The van der Waals surface area contributed by atoms with Crippen molar-refractivity contribution in [2.45, 2.75) is 12.1 Å². The third-order valence-electron chi connectivity index (χ3n) is 3.80. The van der Waals surface area contributed by atoms with E-state index >= 15 is 0 Å². The lowest BCUT2D eigenvalue weighted by molar-refractivity contribution is -0.113. The summed E-state index contributed by atoms with van der Waals surface area (Å²) in [6, 6.07) is 12.5. The quantitative estimate of drug-likeness (QED) is 0.532. The van der Waals surface area contributed by atoms with Crippen LogP contribution in [0.1, 0.15) is 6.92 Å². The molecular weight excluding hydrogens is 419 g/mol. The van der Waals surface area contributed by atoms with Crippen LogP contribution in [0.2, 0.25) is 10.0 Å². The van der Waals surface area contributed by atoms with Crippen LogP contribution in [-0.2, 0) is 11.8 Å². The first-order valence-electron chi connectivity index (χ1n) is 8.49. The Balaban J connectivity index is 1.67. The summed E-state index contributed by atoms with van der Waals surface area (Å²) in [5.74, 6) is 1.26. The van der Waals surface area contributed by atoms with Crippen molar-refractivity contribution in [3.63, 3.8) is 0 Å². The fraction of sp³-hybridized carbons (Fsp3) is 0.211. The first-order chi connectivity index (χ1) is 13.5. The molecule has 0 saturated carbocycles. The molecule has 146 valence electrons. The van der Waals surface area contributed by atoms with E-state index in [-0.39, 0.29) is 11.7 Å². The molecule has 0 aliphatic heterocycles. The van der Waals surface area contributed by atoms with E-state index < -0.39 is 0 Å². The molecule has 6 nitrogen and oxygen atoms in total. The Bertz CT molecular complexity index is 994. The third-order valence-corrected chi connectivity index (χ3v) is 5.37. The zero-order chi connectivity index (χ0) is 20.1. The van der Waals surface area contributed by atoms with E-state index in [9.17, 15) is 4.79 Å². The Morgan fingerprint density at radius 1 is 1.21 bits per heavy atom. The van der Waals surface area contributed by atoms with Crippen LogP contribution in [0.5, 0.6) is 5.75 Å². The number of ether oxygens (including phenoxy) is 1. The standard InChI is InChI=1S/C19H18Cl2N4O2S/c1-3-27-16-7-5-4-6-15(16)22-17(26)11-28-19-24-23-18(25(19)2)13-9-8-12(20)10-14(13)21/h4-10H,3,11H2,1-2H3,(H,22,26). The minimum absolute atomic E-state index is 0.161. The van der Waals surface area contributed by atoms with Crippen molar-refractivity contribution in [2.24, 2.45) is 7.05 Å². The lowest BCUT2D eigenvalue weighted by Crippen LogP contribution is -2.15. The zero-order valence-electron chi connectivity index (χ0n) is 15.3. The lowest BCUT2D eigenvalue weighted by Gasteiger charge is -2.11. The Morgan fingerprint density at radius 2 is 2.00 bits per heavy atom. The third kappa shape index (κ3) is 4.79. The topological polar surface area (TPSA) is 69.0 Å². The number of para-hydroxylation sites is 2. The Hall–Kier alpha value is -2.22. The second kappa shape index (κ2) is 9.32. The van der Waals surface area contributed by atoms with E-state index in [2.05, 4.69) is 15.5 Å². The van der Waals surface area contributed by atoms with Gasteiger partial charge in [0.25, 0.3) is 0 Å². The average Bonchev–Trinajstić information content (AvgIpc) is 3.02.